The van der Waals surface area contributed by atoms with Gasteiger partial charge in [0.1, 0.15) is 5.82 Å². The van der Waals surface area contributed by atoms with Crippen molar-refractivity contribution in [3.63, 3.8) is 0 Å². The van der Waals surface area contributed by atoms with Gasteiger partial charge in [0.2, 0.25) is 0 Å². The Balaban J connectivity index is 2.20. The maximum Gasteiger partial charge on any atom is 0.137 e. The Bertz CT molecular complexity index is 376. The highest BCUT2D eigenvalue weighted by atomic mass is 32.2. The summed E-state index contributed by atoms with van der Waals surface area (Å²) in [5, 5.41) is 3.66. The molecule has 0 aliphatic carbocycles. The molecule has 0 fully saturated rings. The van der Waals surface area contributed by atoms with Crippen molar-refractivity contribution < 1.29 is 4.39 Å². The van der Waals surface area contributed by atoms with Crippen LogP contribution in [0.15, 0.2) is 23.1 Å². The zero-order valence-corrected chi connectivity index (χ0v) is 11.3. The van der Waals surface area contributed by atoms with Crippen LogP contribution in [-0.4, -0.2) is 11.8 Å². The Labute approximate surface area is 107 Å². The maximum absolute atomic E-state index is 13.7. The van der Waals surface area contributed by atoms with Crippen LogP contribution in [0.4, 0.5) is 4.39 Å². The minimum atomic E-state index is -0.0662. The molecule has 1 aliphatic heterocycles. The van der Waals surface area contributed by atoms with E-state index in [-0.39, 0.29) is 5.82 Å². The van der Waals surface area contributed by atoms with Crippen molar-refractivity contribution in [1.29, 1.82) is 0 Å². The summed E-state index contributed by atoms with van der Waals surface area (Å²) in [6, 6.07) is 6.31. The van der Waals surface area contributed by atoms with Crippen molar-refractivity contribution in [2.45, 2.75) is 50.1 Å². The summed E-state index contributed by atoms with van der Waals surface area (Å²) in [4.78, 5) is 0.849. The number of thioether (sulfide) groups is 1. The summed E-state index contributed by atoms with van der Waals surface area (Å²) in [7, 11) is 0. The van der Waals surface area contributed by atoms with Crippen LogP contribution in [0, 0.1) is 5.82 Å². The molecule has 0 radical (unpaired) electrons. The smallest absolute Gasteiger partial charge is 0.137 e. The van der Waals surface area contributed by atoms with Crippen LogP contribution in [-0.2, 0) is 0 Å². The van der Waals surface area contributed by atoms with E-state index >= 15 is 0 Å². The molecule has 0 aromatic heterocycles. The Hall–Kier alpha value is -0.540. The molecule has 1 nitrogen and oxygen atoms in total. The van der Waals surface area contributed by atoms with E-state index in [0.717, 1.165) is 35.5 Å². The first kappa shape index (κ1) is 12.9. The van der Waals surface area contributed by atoms with Crippen LogP contribution in [0.5, 0.6) is 0 Å². The van der Waals surface area contributed by atoms with Crippen molar-refractivity contribution in [2.75, 3.05) is 5.75 Å². The van der Waals surface area contributed by atoms with Gasteiger partial charge in [-0.1, -0.05) is 26.0 Å². The van der Waals surface area contributed by atoms with Gasteiger partial charge in [-0.2, -0.15) is 0 Å². The summed E-state index contributed by atoms with van der Waals surface area (Å²) in [6.07, 6.45) is 3.35. The second kappa shape index (κ2) is 5.87. The molecule has 1 atom stereocenters. The summed E-state index contributed by atoms with van der Waals surface area (Å²) >= 11 is 1.65. The monoisotopic (exact) mass is 253 g/mol. The molecule has 0 amide bonds. The number of halogens is 1. The molecule has 0 spiro atoms. The third kappa shape index (κ3) is 2.83. The zero-order chi connectivity index (χ0) is 12.3. The van der Waals surface area contributed by atoms with Gasteiger partial charge in [-0.25, -0.2) is 4.39 Å². The molecule has 0 saturated heterocycles. The minimum Gasteiger partial charge on any atom is -0.307 e. The van der Waals surface area contributed by atoms with Crippen LogP contribution < -0.4 is 5.32 Å². The zero-order valence-electron chi connectivity index (χ0n) is 10.5. The summed E-state index contributed by atoms with van der Waals surface area (Å²) in [5.41, 5.74) is 1.15. The van der Waals surface area contributed by atoms with Gasteiger partial charge in [0, 0.05) is 17.0 Å². The molecule has 1 heterocycles. The fourth-order valence-corrected chi connectivity index (χ4v) is 3.51. The highest BCUT2D eigenvalue weighted by molar-refractivity contribution is 7.99. The molecular formula is C14H20FNS. The van der Waals surface area contributed by atoms with E-state index in [0.29, 0.717) is 12.1 Å². The van der Waals surface area contributed by atoms with Crippen molar-refractivity contribution in [1.82, 2.24) is 5.32 Å². The van der Waals surface area contributed by atoms with Crippen molar-refractivity contribution in [3.05, 3.63) is 29.6 Å². The molecule has 2 rings (SSSR count). The summed E-state index contributed by atoms with van der Waals surface area (Å²) in [6.45, 7) is 4.40. The average Bonchev–Trinajstić information content (AvgIpc) is 2.37. The van der Waals surface area contributed by atoms with E-state index in [1.807, 2.05) is 6.07 Å². The summed E-state index contributed by atoms with van der Waals surface area (Å²) < 4.78 is 13.7. The van der Waals surface area contributed by atoms with Crippen LogP contribution in [0.3, 0.4) is 0 Å². The highest BCUT2D eigenvalue weighted by Gasteiger charge is 2.24. The predicted octanol–water partition coefficient (Wildman–Crippen LogP) is 4.14. The van der Waals surface area contributed by atoms with Gasteiger partial charge in [0.05, 0.1) is 0 Å². The molecule has 17 heavy (non-hydrogen) atoms. The van der Waals surface area contributed by atoms with Crippen LogP contribution >= 0.6 is 11.8 Å². The first-order chi connectivity index (χ1) is 8.26. The number of hydrogen-bond donors (Lipinski definition) is 1. The quantitative estimate of drug-likeness (QED) is 0.865. The van der Waals surface area contributed by atoms with Crippen LogP contribution in [0.2, 0.25) is 0 Å². The predicted molar refractivity (Wildman–Crippen MR) is 72.0 cm³/mol. The van der Waals surface area contributed by atoms with Gasteiger partial charge in [-0.3, -0.25) is 0 Å². The van der Waals surface area contributed by atoms with Crippen molar-refractivity contribution in [2.24, 2.45) is 0 Å². The Morgan fingerprint density at radius 2 is 2.18 bits per heavy atom. The molecule has 1 aromatic rings. The van der Waals surface area contributed by atoms with E-state index in [4.69, 9.17) is 0 Å². The third-order valence-electron chi connectivity index (χ3n) is 3.45. The number of hydrogen-bond acceptors (Lipinski definition) is 2. The Morgan fingerprint density at radius 1 is 1.41 bits per heavy atom. The lowest BCUT2D eigenvalue weighted by molar-refractivity contribution is 0.399. The largest absolute Gasteiger partial charge is 0.307 e. The van der Waals surface area contributed by atoms with Crippen molar-refractivity contribution in [3.8, 4) is 0 Å². The first-order valence-corrected chi connectivity index (χ1v) is 7.42. The van der Waals surface area contributed by atoms with Crippen LogP contribution in [0.25, 0.3) is 0 Å². The van der Waals surface area contributed by atoms with Crippen molar-refractivity contribution >= 4 is 11.8 Å². The second-order valence-electron chi connectivity index (χ2n) is 4.53. The molecular weight excluding hydrogens is 233 g/mol. The normalized spacial score (nSPS) is 19.4. The molecule has 94 valence electrons. The lowest BCUT2D eigenvalue weighted by atomic mass is 10.0. The van der Waals surface area contributed by atoms with E-state index in [2.05, 4.69) is 25.2 Å². The van der Waals surface area contributed by atoms with Gasteiger partial charge in [0.15, 0.2) is 0 Å². The average molecular weight is 253 g/mol. The van der Waals surface area contributed by atoms with E-state index in [1.54, 1.807) is 17.8 Å². The minimum absolute atomic E-state index is 0.0662. The number of fused-ring (bicyclic) bond motifs is 1. The lowest BCUT2D eigenvalue weighted by Crippen LogP contribution is -2.33. The maximum atomic E-state index is 13.7. The van der Waals surface area contributed by atoms with Gasteiger partial charge in [-0.05, 0) is 36.6 Å². The summed E-state index contributed by atoms with van der Waals surface area (Å²) in [5.74, 6) is 0.940. The Morgan fingerprint density at radius 3 is 2.88 bits per heavy atom. The molecule has 1 unspecified atom stereocenters. The fraction of sp³-hybridized carbons (Fsp3) is 0.571. The van der Waals surface area contributed by atoms with E-state index in [9.17, 15) is 4.39 Å². The number of rotatable bonds is 4. The molecule has 3 heteroatoms. The fourth-order valence-electron chi connectivity index (χ4n) is 2.37. The van der Waals surface area contributed by atoms with E-state index < -0.39 is 0 Å². The van der Waals surface area contributed by atoms with Crippen LogP contribution in [0.1, 0.15) is 44.7 Å². The van der Waals surface area contributed by atoms with Gasteiger partial charge in [-0.15, -0.1) is 11.8 Å². The molecule has 0 saturated carbocycles. The molecule has 0 bridgehead atoms. The highest BCUT2D eigenvalue weighted by Crippen LogP contribution is 2.38. The molecule has 1 aromatic carbocycles. The molecule has 1 N–H and O–H groups in total. The van der Waals surface area contributed by atoms with Gasteiger partial charge < -0.3 is 5.32 Å². The topological polar surface area (TPSA) is 12.0 Å². The van der Waals surface area contributed by atoms with Gasteiger partial charge >= 0.3 is 0 Å². The standard InChI is InChI=1S/C14H20FNS/c1-3-10(4-2)16-13-8-9-17-14-11(13)6-5-7-12(14)15/h5-7,10,13,16H,3-4,8-9H2,1-2H3. The molecule has 1 aliphatic rings. The third-order valence-corrected chi connectivity index (χ3v) is 4.61. The Kier molecular flexibility index (Phi) is 4.46. The first-order valence-electron chi connectivity index (χ1n) is 6.43. The number of nitrogens with one attached hydrogen (secondary N) is 1. The lowest BCUT2D eigenvalue weighted by Gasteiger charge is -2.29. The van der Waals surface area contributed by atoms with E-state index in [1.165, 1.54) is 0 Å². The van der Waals surface area contributed by atoms with Gasteiger partial charge in [0.25, 0.3) is 0 Å². The second-order valence-corrected chi connectivity index (χ2v) is 5.63. The number of benzene rings is 1. The SMILES string of the molecule is CCC(CC)NC1CCSc2c(F)cccc21.